The monoisotopic (exact) mass is 456 g/mol. The summed E-state index contributed by atoms with van der Waals surface area (Å²) in [6.07, 6.45) is 0.996. The molecule has 1 aliphatic rings. The molecule has 0 saturated heterocycles. The lowest BCUT2D eigenvalue weighted by Crippen LogP contribution is -2.33. The van der Waals surface area contributed by atoms with Crippen LogP contribution in [0.4, 0.5) is 5.69 Å². The van der Waals surface area contributed by atoms with Gasteiger partial charge >= 0.3 is 0 Å². The van der Waals surface area contributed by atoms with Gasteiger partial charge < -0.3 is 11.1 Å². The summed E-state index contributed by atoms with van der Waals surface area (Å²) in [7, 11) is 0. The van der Waals surface area contributed by atoms with Crippen molar-refractivity contribution in [3.8, 4) is 0 Å². The molecule has 3 N–H and O–H groups in total. The molecule has 0 bridgehead atoms. The van der Waals surface area contributed by atoms with Gasteiger partial charge in [0, 0.05) is 30.3 Å². The minimum absolute atomic E-state index is 0. The number of hydrogen-bond donors (Lipinski definition) is 2. The SMILES string of the molecule is I.NC(=NCCN1CCc2c(Cl)cccc2C1)Nc1ccccc1. The largest absolute Gasteiger partial charge is 0.370 e. The van der Waals surface area contributed by atoms with Gasteiger partial charge in [0.15, 0.2) is 5.96 Å². The Balaban J connectivity index is 0.00000208. The Bertz CT molecular complexity index is 691. The summed E-state index contributed by atoms with van der Waals surface area (Å²) < 4.78 is 0. The first-order chi connectivity index (χ1) is 11.2. The zero-order valence-corrected chi connectivity index (χ0v) is 16.5. The molecule has 0 fully saturated rings. The smallest absolute Gasteiger partial charge is 0.193 e. The quantitative estimate of drug-likeness (QED) is 0.419. The summed E-state index contributed by atoms with van der Waals surface area (Å²) in [6, 6.07) is 16.0. The number of halogens is 2. The Morgan fingerprint density at radius 2 is 1.96 bits per heavy atom. The van der Waals surface area contributed by atoms with E-state index >= 15 is 0 Å². The first-order valence-corrected chi connectivity index (χ1v) is 8.21. The maximum atomic E-state index is 6.25. The molecule has 128 valence electrons. The molecule has 4 nitrogen and oxygen atoms in total. The van der Waals surface area contributed by atoms with E-state index in [1.165, 1.54) is 11.1 Å². The molecule has 6 heteroatoms. The van der Waals surface area contributed by atoms with E-state index < -0.39 is 0 Å². The van der Waals surface area contributed by atoms with Gasteiger partial charge in [0.1, 0.15) is 0 Å². The molecule has 0 aromatic heterocycles. The van der Waals surface area contributed by atoms with Gasteiger partial charge in [-0.15, -0.1) is 24.0 Å². The number of fused-ring (bicyclic) bond motifs is 1. The van der Waals surface area contributed by atoms with Crippen LogP contribution in [0.5, 0.6) is 0 Å². The number of rotatable bonds is 4. The predicted octanol–water partition coefficient (Wildman–Crippen LogP) is 3.74. The van der Waals surface area contributed by atoms with Crippen molar-refractivity contribution < 1.29 is 0 Å². The van der Waals surface area contributed by atoms with Crippen LogP contribution in [0.15, 0.2) is 53.5 Å². The van der Waals surface area contributed by atoms with Gasteiger partial charge in [-0.25, -0.2) is 0 Å². The highest BCUT2D eigenvalue weighted by molar-refractivity contribution is 14.0. The van der Waals surface area contributed by atoms with Gasteiger partial charge in [0.05, 0.1) is 6.54 Å². The third kappa shape index (κ3) is 5.09. The lowest BCUT2D eigenvalue weighted by Gasteiger charge is -2.28. The summed E-state index contributed by atoms with van der Waals surface area (Å²) in [4.78, 5) is 6.79. The second kappa shape index (κ2) is 9.25. The molecule has 0 saturated carbocycles. The molecule has 0 aliphatic carbocycles. The highest BCUT2D eigenvalue weighted by Crippen LogP contribution is 2.25. The molecule has 0 spiro atoms. The van der Waals surface area contributed by atoms with Crippen LogP contribution in [-0.4, -0.2) is 30.5 Å². The standard InChI is InChI=1S/C18H21ClN4.HI/c19-17-8-4-5-14-13-23(11-9-16(14)17)12-10-21-18(20)22-15-6-2-1-3-7-15;/h1-8H,9-13H2,(H3,20,21,22);1H. The Kier molecular flexibility index (Phi) is 7.33. The van der Waals surface area contributed by atoms with E-state index in [4.69, 9.17) is 17.3 Å². The third-order valence-electron chi connectivity index (χ3n) is 4.03. The number of nitrogens with one attached hydrogen (secondary N) is 1. The molecular formula is C18H22ClIN4. The molecule has 24 heavy (non-hydrogen) atoms. The lowest BCUT2D eigenvalue weighted by atomic mass is 10.00. The van der Waals surface area contributed by atoms with Crippen LogP contribution in [0.3, 0.4) is 0 Å². The van der Waals surface area contributed by atoms with Crippen molar-refractivity contribution in [3.63, 3.8) is 0 Å². The van der Waals surface area contributed by atoms with Crippen molar-refractivity contribution in [2.75, 3.05) is 25.0 Å². The molecule has 0 unspecified atom stereocenters. The summed E-state index contributed by atoms with van der Waals surface area (Å²) in [6.45, 7) is 3.51. The van der Waals surface area contributed by atoms with Gasteiger partial charge in [-0.3, -0.25) is 9.89 Å². The normalized spacial score (nSPS) is 14.6. The number of para-hydroxylation sites is 1. The van der Waals surface area contributed by atoms with Crippen molar-refractivity contribution in [2.45, 2.75) is 13.0 Å². The Morgan fingerprint density at radius 1 is 1.17 bits per heavy atom. The first-order valence-electron chi connectivity index (χ1n) is 7.83. The molecular weight excluding hydrogens is 435 g/mol. The number of nitrogens with zero attached hydrogens (tertiary/aromatic N) is 2. The zero-order valence-electron chi connectivity index (χ0n) is 13.4. The second-order valence-corrected chi connectivity index (χ2v) is 6.07. The van der Waals surface area contributed by atoms with E-state index in [0.29, 0.717) is 12.5 Å². The van der Waals surface area contributed by atoms with Crippen LogP contribution in [0.2, 0.25) is 5.02 Å². The van der Waals surface area contributed by atoms with Crippen LogP contribution >= 0.6 is 35.6 Å². The van der Waals surface area contributed by atoms with Crippen LogP contribution < -0.4 is 11.1 Å². The van der Waals surface area contributed by atoms with Gasteiger partial charge in [-0.05, 0) is 35.7 Å². The average molecular weight is 457 g/mol. The van der Waals surface area contributed by atoms with Crippen molar-refractivity contribution >= 4 is 47.2 Å². The van der Waals surface area contributed by atoms with Gasteiger partial charge in [-0.1, -0.05) is 41.9 Å². The fraction of sp³-hybridized carbons (Fsp3) is 0.278. The average Bonchev–Trinajstić information content (AvgIpc) is 2.56. The van der Waals surface area contributed by atoms with Crippen molar-refractivity contribution in [1.29, 1.82) is 0 Å². The van der Waals surface area contributed by atoms with Gasteiger partial charge in [-0.2, -0.15) is 0 Å². The van der Waals surface area contributed by atoms with E-state index in [1.54, 1.807) is 0 Å². The number of nitrogens with two attached hydrogens (primary N) is 1. The Morgan fingerprint density at radius 3 is 2.75 bits per heavy atom. The minimum Gasteiger partial charge on any atom is -0.370 e. The molecule has 0 radical (unpaired) electrons. The van der Waals surface area contributed by atoms with Gasteiger partial charge in [0.2, 0.25) is 0 Å². The number of aliphatic imine (C=N–C) groups is 1. The number of anilines is 1. The van der Waals surface area contributed by atoms with Crippen molar-refractivity contribution in [1.82, 2.24) is 4.90 Å². The van der Waals surface area contributed by atoms with E-state index in [9.17, 15) is 0 Å². The van der Waals surface area contributed by atoms with E-state index in [0.717, 1.165) is 36.8 Å². The van der Waals surface area contributed by atoms with E-state index in [-0.39, 0.29) is 24.0 Å². The van der Waals surface area contributed by atoms with Crippen LogP contribution in [0.25, 0.3) is 0 Å². The maximum Gasteiger partial charge on any atom is 0.193 e. The van der Waals surface area contributed by atoms with E-state index in [1.807, 2.05) is 42.5 Å². The number of hydrogen-bond acceptors (Lipinski definition) is 2. The predicted molar refractivity (Wildman–Crippen MR) is 112 cm³/mol. The van der Waals surface area contributed by atoms with Crippen LogP contribution in [0.1, 0.15) is 11.1 Å². The fourth-order valence-electron chi connectivity index (χ4n) is 2.83. The van der Waals surface area contributed by atoms with Crippen LogP contribution in [-0.2, 0) is 13.0 Å². The highest BCUT2D eigenvalue weighted by Gasteiger charge is 2.17. The third-order valence-corrected chi connectivity index (χ3v) is 4.39. The summed E-state index contributed by atoms with van der Waals surface area (Å²) in [5.74, 6) is 0.455. The Hall–Kier alpha value is -1.31. The maximum absolute atomic E-state index is 6.25. The first kappa shape index (κ1) is 19.0. The topological polar surface area (TPSA) is 53.6 Å². The summed E-state index contributed by atoms with van der Waals surface area (Å²) in [5, 5.41) is 3.98. The summed E-state index contributed by atoms with van der Waals surface area (Å²) >= 11 is 6.25. The zero-order chi connectivity index (χ0) is 16.1. The number of benzene rings is 2. The second-order valence-electron chi connectivity index (χ2n) is 5.66. The molecule has 0 amide bonds. The van der Waals surface area contributed by atoms with Gasteiger partial charge in [0.25, 0.3) is 0 Å². The highest BCUT2D eigenvalue weighted by atomic mass is 127. The molecule has 0 atom stereocenters. The van der Waals surface area contributed by atoms with Crippen LogP contribution in [0, 0.1) is 0 Å². The molecule has 2 aromatic carbocycles. The lowest BCUT2D eigenvalue weighted by molar-refractivity contribution is 0.262. The van der Waals surface area contributed by atoms with E-state index in [2.05, 4.69) is 21.3 Å². The van der Waals surface area contributed by atoms with Crippen molar-refractivity contribution in [2.24, 2.45) is 10.7 Å². The molecule has 2 aromatic rings. The summed E-state index contributed by atoms with van der Waals surface area (Å²) in [5.41, 5.74) is 9.49. The molecule has 1 aliphatic heterocycles. The minimum atomic E-state index is 0. The number of guanidine groups is 1. The molecule has 1 heterocycles. The molecule has 3 rings (SSSR count). The fourth-order valence-corrected chi connectivity index (χ4v) is 3.12. The van der Waals surface area contributed by atoms with Crippen molar-refractivity contribution in [3.05, 3.63) is 64.7 Å². The Labute approximate surface area is 165 Å².